The number of halogens is 1. The molecule has 3 aromatic carbocycles. The van der Waals surface area contributed by atoms with Gasteiger partial charge in [0.1, 0.15) is 5.71 Å². The average Bonchev–Trinajstić information content (AvgIpc) is 2.78. The molecule has 0 saturated heterocycles. The van der Waals surface area contributed by atoms with Gasteiger partial charge in [-0.05, 0) is 43.7 Å². The van der Waals surface area contributed by atoms with Crippen LogP contribution in [0.2, 0.25) is 5.02 Å². The van der Waals surface area contributed by atoms with Crippen LogP contribution in [-0.2, 0) is 0 Å². The number of fused-ring (bicyclic) bond motifs is 1. The van der Waals surface area contributed by atoms with Gasteiger partial charge in [0.2, 0.25) is 5.88 Å². The van der Waals surface area contributed by atoms with Gasteiger partial charge in [0.05, 0.1) is 23.5 Å². The molecule has 6 heteroatoms. The molecule has 0 spiro atoms. The first-order valence-corrected chi connectivity index (χ1v) is 10.4. The quantitative estimate of drug-likeness (QED) is 0.206. The van der Waals surface area contributed by atoms with E-state index in [4.69, 9.17) is 16.3 Å². The van der Waals surface area contributed by atoms with Crippen LogP contribution in [0.4, 0.5) is 11.4 Å². The molecule has 4 rings (SSSR count). The van der Waals surface area contributed by atoms with Crippen LogP contribution in [0, 0.1) is 6.92 Å². The standard InChI is InChI=1S/C25H22ClN3O2/c1-3-31-25-20-11-7-6-10-19(20)23(15-27-25)28-17-12-13-21(22(26)14-17)24(29-30)18-9-5-4-8-16(18)2/h4-15,28,30H,3H2,1-2H3. The predicted molar refractivity (Wildman–Crippen MR) is 126 cm³/mol. The number of oxime groups is 1. The van der Waals surface area contributed by atoms with Crippen molar-refractivity contribution in [3.63, 3.8) is 0 Å². The molecule has 0 bridgehead atoms. The molecule has 2 N–H and O–H groups in total. The van der Waals surface area contributed by atoms with Crippen LogP contribution in [0.5, 0.6) is 5.88 Å². The van der Waals surface area contributed by atoms with Crippen molar-refractivity contribution in [3.8, 4) is 5.88 Å². The van der Waals surface area contributed by atoms with Crippen molar-refractivity contribution in [2.75, 3.05) is 11.9 Å². The highest BCUT2D eigenvalue weighted by atomic mass is 35.5. The number of pyridine rings is 1. The van der Waals surface area contributed by atoms with Crippen LogP contribution >= 0.6 is 11.6 Å². The van der Waals surface area contributed by atoms with Crippen LogP contribution in [0.15, 0.2) is 78.1 Å². The molecular formula is C25H22ClN3O2. The average molecular weight is 432 g/mol. The third-order valence-corrected chi connectivity index (χ3v) is 5.36. The summed E-state index contributed by atoms with van der Waals surface area (Å²) in [7, 11) is 0. The lowest BCUT2D eigenvalue weighted by Gasteiger charge is -2.14. The number of benzene rings is 3. The molecule has 0 aliphatic rings. The topological polar surface area (TPSA) is 66.7 Å². The summed E-state index contributed by atoms with van der Waals surface area (Å²) in [5.74, 6) is 0.610. The van der Waals surface area contributed by atoms with E-state index in [1.54, 1.807) is 6.20 Å². The van der Waals surface area contributed by atoms with Gasteiger partial charge in [-0.25, -0.2) is 4.98 Å². The summed E-state index contributed by atoms with van der Waals surface area (Å²) < 4.78 is 5.65. The minimum atomic E-state index is 0.433. The lowest BCUT2D eigenvalue weighted by Crippen LogP contribution is -2.06. The Morgan fingerprint density at radius 3 is 2.48 bits per heavy atom. The highest BCUT2D eigenvalue weighted by molar-refractivity contribution is 6.35. The Hall–Kier alpha value is -3.57. The van der Waals surface area contributed by atoms with Gasteiger partial charge in [0.15, 0.2) is 0 Å². The second-order valence-corrected chi connectivity index (χ2v) is 7.45. The molecule has 31 heavy (non-hydrogen) atoms. The lowest BCUT2D eigenvalue weighted by molar-refractivity contribution is 0.319. The van der Waals surface area contributed by atoms with Crippen molar-refractivity contribution in [1.29, 1.82) is 0 Å². The van der Waals surface area contributed by atoms with E-state index in [0.29, 0.717) is 28.8 Å². The molecule has 156 valence electrons. The van der Waals surface area contributed by atoms with Crippen molar-refractivity contribution in [3.05, 3.63) is 94.6 Å². The third-order valence-electron chi connectivity index (χ3n) is 5.04. The van der Waals surface area contributed by atoms with E-state index >= 15 is 0 Å². The Balaban J connectivity index is 1.68. The Labute approximate surface area is 186 Å². The summed E-state index contributed by atoms with van der Waals surface area (Å²) in [5, 5.41) is 19.0. The number of anilines is 2. The molecule has 0 saturated carbocycles. The summed E-state index contributed by atoms with van der Waals surface area (Å²) in [6.07, 6.45) is 1.75. The minimum absolute atomic E-state index is 0.433. The van der Waals surface area contributed by atoms with E-state index < -0.39 is 0 Å². The molecule has 0 aliphatic heterocycles. The van der Waals surface area contributed by atoms with E-state index in [9.17, 15) is 5.21 Å². The summed E-state index contributed by atoms with van der Waals surface area (Å²) >= 11 is 6.59. The Morgan fingerprint density at radius 2 is 1.77 bits per heavy atom. The van der Waals surface area contributed by atoms with Gasteiger partial charge in [0.25, 0.3) is 0 Å². The number of hydrogen-bond donors (Lipinski definition) is 2. The van der Waals surface area contributed by atoms with Crippen LogP contribution in [0.1, 0.15) is 23.6 Å². The number of rotatable bonds is 6. The van der Waals surface area contributed by atoms with E-state index in [-0.39, 0.29) is 0 Å². The zero-order valence-electron chi connectivity index (χ0n) is 17.3. The van der Waals surface area contributed by atoms with Crippen molar-refractivity contribution >= 4 is 39.5 Å². The SMILES string of the molecule is CCOc1ncc(Nc2ccc(C(=NO)c3ccccc3C)c(Cl)c2)c2ccccc12. The molecule has 4 aromatic rings. The second kappa shape index (κ2) is 9.06. The molecule has 0 atom stereocenters. The Morgan fingerprint density at radius 1 is 1.03 bits per heavy atom. The van der Waals surface area contributed by atoms with Gasteiger partial charge in [-0.1, -0.05) is 59.2 Å². The molecule has 0 unspecified atom stereocenters. The fourth-order valence-electron chi connectivity index (χ4n) is 3.55. The Kier molecular flexibility index (Phi) is 6.05. The van der Waals surface area contributed by atoms with Crippen LogP contribution in [0.25, 0.3) is 10.8 Å². The maximum Gasteiger partial charge on any atom is 0.221 e. The van der Waals surface area contributed by atoms with Gasteiger partial charge in [-0.2, -0.15) is 0 Å². The number of ether oxygens (including phenoxy) is 1. The summed E-state index contributed by atoms with van der Waals surface area (Å²) in [4.78, 5) is 4.45. The van der Waals surface area contributed by atoms with E-state index in [2.05, 4.69) is 15.5 Å². The lowest BCUT2D eigenvalue weighted by atomic mass is 9.98. The fraction of sp³-hybridized carbons (Fsp3) is 0.120. The normalized spacial score (nSPS) is 11.5. The fourth-order valence-corrected chi connectivity index (χ4v) is 3.82. The zero-order chi connectivity index (χ0) is 21.8. The molecule has 5 nitrogen and oxygen atoms in total. The van der Waals surface area contributed by atoms with Crippen molar-refractivity contribution in [1.82, 2.24) is 4.98 Å². The first kappa shape index (κ1) is 20.7. The van der Waals surface area contributed by atoms with Crippen LogP contribution in [-0.4, -0.2) is 22.5 Å². The van der Waals surface area contributed by atoms with Gasteiger partial charge in [0, 0.05) is 27.6 Å². The zero-order valence-corrected chi connectivity index (χ0v) is 18.0. The van der Waals surface area contributed by atoms with E-state index in [1.807, 2.05) is 80.6 Å². The van der Waals surface area contributed by atoms with Gasteiger partial charge in [-0.15, -0.1) is 0 Å². The number of hydrogen-bond acceptors (Lipinski definition) is 5. The van der Waals surface area contributed by atoms with Crippen LogP contribution < -0.4 is 10.1 Å². The third kappa shape index (κ3) is 4.18. The van der Waals surface area contributed by atoms with Gasteiger partial charge < -0.3 is 15.3 Å². The molecule has 0 fully saturated rings. The second-order valence-electron chi connectivity index (χ2n) is 7.04. The predicted octanol–water partition coefficient (Wildman–Crippen LogP) is 6.57. The van der Waals surface area contributed by atoms with E-state index in [1.165, 1.54) is 0 Å². The van der Waals surface area contributed by atoms with Gasteiger partial charge >= 0.3 is 0 Å². The maximum absolute atomic E-state index is 9.67. The smallest absolute Gasteiger partial charge is 0.221 e. The van der Waals surface area contributed by atoms with E-state index in [0.717, 1.165) is 33.3 Å². The molecular weight excluding hydrogens is 410 g/mol. The minimum Gasteiger partial charge on any atom is -0.478 e. The highest BCUT2D eigenvalue weighted by Gasteiger charge is 2.15. The van der Waals surface area contributed by atoms with Crippen molar-refractivity contribution < 1.29 is 9.94 Å². The highest BCUT2D eigenvalue weighted by Crippen LogP contribution is 2.32. The van der Waals surface area contributed by atoms with Crippen molar-refractivity contribution in [2.45, 2.75) is 13.8 Å². The molecule has 0 radical (unpaired) electrons. The first-order chi connectivity index (χ1) is 15.1. The number of nitrogens with one attached hydrogen (secondary N) is 1. The maximum atomic E-state index is 9.67. The summed E-state index contributed by atoms with van der Waals surface area (Å²) in [5.41, 5.74) is 4.56. The van der Waals surface area contributed by atoms with Crippen molar-refractivity contribution in [2.24, 2.45) is 5.16 Å². The number of nitrogens with zero attached hydrogens (tertiary/aromatic N) is 2. The molecule has 0 amide bonds. The first-order valence-electron chi connectivity index (χ1n) is 9.98. The Bertz CT molecular complexity index is 1270. The largest absolute Gasteiger partial charge is 0.478 e. The summed E-state index contributed by atoms with van der Waals surface area (Å²) in [6, 6.07) is 21.2. The number of aryl methyl sites for hydroxylation is 1. The summed E-state index contributed by atoms with van der Waals surface area (Å²) in [6.45, 7) is 4.46. The monoisotopic (exact) mass is 431 g/mol. The molecule has 1 heterocycles. The number of aromatic nitrogens is 1. The van der Waals surface area contributed by atoms with Gasteiger partial charge in [-0.3, -0.25) is 0 Å². The molecule has 1 aromatic heterocycles. The molecule has 0 aliphatic carbocycles. The van der Waals surface area contributed by atoms with Crippen LogP contribution in [0.3, 0.4) is 0 Å².